The molecule has 2 saturated carbocycles. The number of nitrogens with two attached hydrogens (primary N) is 1. The first kappa shape index (κ1) is 21.6. The Kier molecular flexibility index (Phi) is 5.64. The van der Waals surface area contributed by atoms with Gasteiger partial charge in [-0.25, -0.2) is 23.5 Å². The third kappa shape index (κ3) is 5.07. The standard InChI is InChI=1S/C24H25N5O3S/c1-15(17-8-12-20(13-9-17)33(25,30)31)26-24-28-21-14-11-18(10-7-16-5-6-16)27-22(21)23(29-24)32-19-3-2-4-19/h8-9,11-16,19H,2-6H2,1H3,(H2,25,30,31)(H,26,28,29). The van der Waals surface area contributed by atoms with Crippen molar-refractivity contribution < 1.29 is 13.2 Å². The zero-order valence-corrected chi connectivity index (χ0v) is 19.1. The predicted molar refractivity (Wildman–Crippen MR) is 125 cm³/mol. The Hall–Kier alpha value is -3.22. The van der Waals surface area contributed by atoms with Gasteiger partial charge in [-0.15, -0.1) is 0 Å². The van der Waals surface area contributed by atoms with Crippen LogP contribution in [0.25, 0.3) is 11.0 Å². The Balaban J connectivity index is 1.43. The van der Waals surface area contributed by atoms with E-state index in [1.807, 2.05) is 19.1 Å². The van der Waals surface area contributed by atoms with E-state index in [1.54, 1.807) is 12.1 Å². The van der Waals surface area contributed by atoms with Crippen LogP contribution in [-0.4, -0.2) is 29.5 Å². The van der Waals surface area contributed by atoms with E-state index in [2.05, 4.69) is 32.1 Å². The fourth-order valence-electron chi connectivity index (χ4n) is 3.48. The van der Waals surface area contributed by atoms with E-state index < -0.39 is 10.0 Å². The van der Waals surface area contributed by atoms with Gasteiger partial charge in [-0.05, 0) is 74.8 Å². The lowest BCUT2D eigenvalue weighted by atomic mass is 9.96. The van der Waals surface area contributed by atoms with E-state index in [0.29, 0.717) is 34.5 Å². The average Bonchev–Trinajstić information content (AvgIpc) is 3.59. The monoisotopic (exact) mass is 463 g/mol. The lowest BCUT2D eigenvalue weighted by Crippen LogP contribution is -2.25. The molecule has 2 aromatic heterocycles. The highest BCUT2D eigenvalue weighted by atomic mass is 32.2. The van der Waals surface area contributed by atoms with Gasteiger partial charge in [-0.3, -0.25) is 0 Å². The summed E-state index contributed by atoms with van der Waals surface area (Å²) in [7, 11) is -3.73. The molecule has 170 valence electrons. The average molecular weight is 464 g/mol. The molecule has 2 fully saturated rings. The highest BCUT2D eigenvalue weighted by molar-refractivity contribution is 7.89. The number of aromatic nitrogens is 3. The first-order valence-electron chi connectivity index (χ1n) is 11.1. The fraction of sp³-hybridized carbons (Fsp3) is 0.375. The minimum absolute atomic E-state index is 0.0725. The smallest absolute Gasteiger partial charge is 0.245 e. The number of nitrogens with zero attached hydrogens (tertiary/aromatic N) is 3. The Labute approximate surface area is 193 Å². The molecule has 1 unspecified atom stereocenters. The van der Waals surface area contributed by atoms with Gasteiger partial charge in [0.1, 0.15) is 11.8 Å². The maximum Gasteiger partial charge on any atom is 0.245 e. The molecule has 0 bridgehead atoms. The number of hydrogen-bond donors (Lipinski definition) is 2. The van der Waals surface area contributed by atoms with Crippen molar-refractivity contribution >= 4 is 27.0 Å². The second-order valence-corrected chi connectivity index (χ2v) is 10.2. The van der Waals surface area contributed by atoms with Crippen LogP contribution in [0.2, 0.25) is 0 Å². The zero-order chi connectivity index (χ0) is 23.0. The van der Waals surface area contributed by atoms with Gasteiger partial charge in [0.2, 0.25) is 21.9 Å². The number of anilines is 1. The first-order valence-corrected chi connectivity index (χ1v) is 12.7. The van der Waals surface area contributed by atoms with E-state index in [4.69, 9.17) is 9.88 Å². The van der Waals surface area contributed by atoms with Gasteiger partial charge in [0, 0.05) is 5.92 Å². The lowest BCUT2D eigenvalue weighted by Gasteiger charge is -2.26. The molecule has 3 aromatic rings. The molecular formula is C24H25N5O3S. The number of hydrogen-bond acceptors (Lipinski definition) is 7. The molecule has 3 N–H and O–H groups in total. The molecule has 33 heavy (non-hydrogen) atoms. The number of primary sulfonamides is 1. The summed E-state index contributed by atoms with van der Waals surface area (Å²) in [6.07, 6.45) is 5.62. The minimum Gasteiger partial charge on any atom is -0.473 e. The predicted octanol–water partition coefficient (Wildman–Crippen LogP) is 3.54. The second-order valence-electron chi connectivity index (χ2n) is 8.61. The van der Waals surface area contributed by atoms with Crippen molar-refractivity contribution in [3.8, 4) is 17.7 Å². The summed E-state index contributed by atoms with van der Waals surface area (Å²) in [6, 6.07) is 10.0. The summed E-state index contributed by atoms with van der Waals surface area (Å²) < 4.78 is 29.2. The molecule has 2 aliphatic rings. The molecule has 0 saturated heterocycles. The largest absolute Gasteiger partial charge is 0.473 e. The van der Waals surface area contributed by atoms with E-state index in [1.165, 1.54) is 12.1 Å². The maximum atomic E-state index is 11.5. The van der Waals surface area contributed by atoms with Crippen molar-refractivity contribution in [3.05, 3.63) is 47.7 Å². The molecule has 0 amide bonds. The highest BCUT2D eigenvalue weighted by Crippen LogP contribution is 2.30. The van der Waals surface area contributed by atoms with Crippen molar-refractivity contribution in [2.45, 2.75) is 56.1 Å². The van der Waals surface area contributed by atoms with Crippen LogP contribution < -0.4 is 15.2 Å². The van der Waals surface area contributed by atoms with Crippen LogP contribution in [0, 0.1) is 17.8 Å². The minimum atomic E-state index is -3.73. The molecule has 1 atom stereocenters. The van der Waals surface area contributed by atoms with Gasteiger partial charge in [-0.2, -0.15) is 4.98 Å². The summed E-state index contributed by atoms with van der Waals surface area (Å²) in [5, 5.41) is 8.47. The van der Waals surface area contributed by atoms with E-state index in [0.717, 1.165) is 37.7 Å². The van der Waals surface area contributed by atoms with Crippen molar-refractivity contribution in [1.29, 1.82) is 0 Å². The van der Waals surface area contributed by atoms with Crippen molar-refractivity contribution in [1.82, 2.24) is 15.0 Å². The first-order chi connectivity index (χ1) is 15.8. The quantitative estimate of drug-likeness (QED) is 0.537. The molecular weight excluding hydrogens is 438 g/mol. The number of pyridine rings is 1. The normalized spacial score (nSPS) is 17.0. The summed E-state index contributed by atoms with van der Waals surface area (Å²) in [5.74, 6) is 7.76. The molecule has 9 heteroatoms. The highest BCUT2D eigenvalue weighted by Gasteiger charge is 2.23. The van der Waals surface area contributed by atoms with Gasteiger partial charge in [0.05, 0.1) is 16.5 Å². The molecule has 2 heterocycles. The maximum absolute atomic E-state index is 11.5. The Morgan fingerprint density at radius 3 is 2.45 bits per heavy atom. The van der Waals surface area contributed by atoms with Gasteiger partial charge >= 0.3 is 0 Å². The number of benzene rings is 1. The molecule has 5 rings (SSSR count). The van der Waals surface area contributed by atoms with E-state index in [9.17, 15) is 8.42 Å². The van der Waals surface area contributed by atoms with Gasteiger partial charge in [-0.1, -0.05) is 18.1 Å². The number of ether oxygens (including phenoxy) is 1. The molecule has 1 aromatic carbocycles. The van der Waals surface area contributed by atoms with Crippen LogP contribution >= 0.6 is 0 Å². The Morgan fingerprint density at radius 1 is 1.06 bits per heavy atom. The Morgan fingerprint density at radius 2 is 1.82 bits per heavy atom. The molecule has 8 nitrogen and oxygen atoms in total. The topological polar surface area (TPSA) is 120 Å². The lowest BCUT2D eigenvalue weighted by molar-refractivity contribution is 0.116. The van der Waals surface area contributed by atoms with Crippen LogP contribution in [0.4, 0.5) is 5.95 Å². The SMILES string of the molecule is CC(Nc1nc(OC2CCC2)c2nc(C#CC3CC3)ccc2n1)c1ccc(S(N)(=O)=O)cc1. The fourth-order valence-corrected chi connectivity index (χ4v) is 3.99. The van der Waals surface area contributed by atoms with Crippen LogP contribution in [0.3, 0.4) is 0 Å². The molecule has 0 spiro atoms. The van der Waals surface area contributed by atoms with Crippen LogP contribution in [0.15, 0.2) is 41.3 Å². The number of fused-ring (bicyclic) bond motifs is 1. The summed E-state index contributed by atoms with van der Waals surface area (Å²) >= 11 is 0. The third-order valence-electron chi connectivity index (χ3n) is 5.88. The molecule has 0 aliphatic heterocycles. The molecule has 0 radical (unpaired) electrons. The second kappa shape index (κ2) is 8.61. The van der Waals surface area contributed by atoms with E-state index in [-0.39, 0.29) is 17.0 Å². The van der Waals surface area contributed by atoms with Crippen molar-refractivity contribution in [2.75, 3.05) is 5.32 Å². The van der Waals surface area contributed by atoms with Crippen molar-refractivity contribution in [2.24, 2.45) is 11.1 Å². The van der Waals surface area contributed by atoms with Crippen molar-refractivity contribution in [3.63, 3.8) is 0 Å². The number of nitrogens with one attached hydrogen (secondary N) is 1. The van der Waals surface area contributed by atoms with Crippen LogP contribution in [-0.2, 0) is 10.0 Å². The third-order valence-corrected chi connectivity index (χ3v) is 6.81. The van der Waals surface area contributed by atoms with E-state index >= 15 is 0 Å². The van der Waals surface area contributed by atoms with Gasteiger partial charge in [0.15, 0.2) is 5.52 Å². The Bertz CT molecular complexity index is 1350. The zero-order valence-electron chi connectivity index (χ0n) is 18.3. The summed E-state index contributed by atoms with van der Waals surface area (Å²) in [6.45, 7) is 1.95. The summed E-state index contributed by atoms with van der Waals surface area (Å²) in [4.78, 5) is 14.0. The number of rotatable bonds is 6. The number of sulfonamides is 1. The molecule has 2 aliphatic carbocycles. The van der Waals surface area contributed by atoms with Crippen LogP contribution in [0.1, 0.15) is 56.3 Å². The summed E-state index contributed by atoms with van der Waals surface area (Å²) in [5.41, 5.74) is 2.85. The van der Waals surface area contributed by atoms with Gasteiger partial charge in [0.25, 0.3) is 0 Å². The van der Waals surface area contributed by atoms with Gasteiger partial charge < -0.3 is 10.1 Å². The van der Waals surface area contributed by atoms with Crippen LogP contribution in [0.5, 0.6) is 5.88 Å².